The summed E-state index contributed by atoms with van der Waals surface area (Å²) in [6, 6.07) is 16.1. The summed E-state index contributed by atoms with van der Waals surface area (Å²) in [5, 5.41) is 26.2. The number of amides is 2. The molecule has 0 unspecified atom stereocenters. The van der Waals surface area contributed by atoms with Gasteiger partial charge in [-0.05, 0) is 30.7 Å². The first-order valence-corrected chi connectivity index (χ1v) is 16.1. The molecule has 3 N–H and O–H groups in total. The molecule has 0 aliphatic carbocycles. The normalized spacial score (nSPS) is 13.3. The number of hydrogen-bond donors (Lipinski definition) is 3. The molecule has 1 aliphatic rings. The Kier molecular flexibility index (Phi) is 10.8. The molecular formula is C36H44N4O4. The number of fused-ring (bicyclic) bond motifs is 1. The van der Waals surface area contributed by atoms with E-state index in [1.54, 1.807) is 24.3 Å². The molecule has 3 aromatic carbocycles. The van der Waals surface area contributed by atoms with Gasteiger partial charge >= 0.3 is 0 Å². The molecule has 8 nitrogen and oxygen atoms in total. The molecule has 5 rings (SSSR count). The molecule has 2 amide bonds. The molecule has 0 spiro atoms. The number of benzene rings is 3. The third-order valence-electron chi connectivity index (χ3n) is 8.69. The van der Waals surface area contributed by atoms with Gasteiger partial charge in [-0.15, -0.1) is 0 Å². The molecule has 1 aromatic heterocycles. The van der Waals surface area contributed by atoms with Crippen molar-refractivity contribution >= 4 is 45.4 Å². The Labute approximate surface area is 259 Å². The van der Waals surface area contributed by atoms with Crippen LogP contribution >= 0.6 is 0 Å². The number of hydrazone groups is 1. The maximum atomic E-state index is 13.2. The summed E-state index contributed by atoms with van der Waals surface area (Å²) in [6.45, 7) is 2.21. The number of aromatic nitrogens is 1. The van der Waals surface area contributed by atoms with Gasteiger partial charge in [0.15, 0.2) is 0 Å². The van der Waals surface area contributed by atoms with Crippen molar-refractivity contribution in [3.8, 4) is 0 Å². The van der Waals surface area contributed by atoms with Crippen LogP contribution in [0.4, 0.5) is 5.69 Å². The van der Waals surface area contributed by atoms with E-state index in [1.165, 1.54) is 63.3 Å². The minimum absolute atomic E-state index is 0.353. The molecule has 2 heterocycles. The molecule has 0 saturated carbocycles. The number of aliphatic hydroxyl groups is 2. The van der Waals surface area contributed by atoms with Crippen LogP contribution in [0.25, 0.3) is 21.7 Å². The summed E-state index contributed by atoms with van der Waals surface area (Å²) in [4.78, 5) is 27.4. The second-order valence-corrected chi connectivity index (χ2v) is 11.7. The fourth-order valence-corrected chi connectivity index (χ4v) is 6.27. The fourth-order valence-electron chi connectivity index (χ4n) is 6.27. The number of carbonyl (C=O) groups excluding carboxylic acids is 2. The van der Waals surface area contributed by atoms with Gasteiger partial charge in [0.25, 0.3) is 11.8 Å². The van der Waals surface area contributed by atoms with Crippen LogP contribution in [0.2, 0.25) is 0 Å². The molecular weight excluding hydrogens is 552 g/mol. The number of aryl methyl sites for hydroxylation is 1. The number of unbranched alkanes of at least 4 members (excludes halogenated alkanes) is 9. The van der Waals surface area contributed by atoms with Crippen LogP contribution in [0, 0.1) is 0 Å². The van der Waals surface area contributed by atoms with Crippen LogP contribution in [0.5, 0.6) is 0 Å². The lowest BCUT2D eigenvalue weighted by atomic mass is 9.92. The summed E-state index contributed by atoms with van der Waals surface area (Å²) in [7, 11) is 0. The largest absolute Gasteiger partial charge is 0.394 e. The zero-order chi connectivity index (χ0) is 30.9. The molecule has 0 atom stereocenters. The summed E-state index contributed by atoms with van der Waals surface area (Å²) >= 11 is 0. The minimum atomic E-state index is -0.993. The summed E-state index contributed by atoms with van der Waals surface area (Å²) in [6.07, 6.45) is 17.1. The smallest absolute Gasteiger partial charge is 0.261 e. The molecule has 0 radical (unpaired) electrons. The van der Waals surface area contributed by atoms with Gasteiger partial charge in [-0.2, -0.15) is 5.10 Å². The second-order valence-electron chi connectivity index (χ2n) is 11.7. The van der Waals surface area contributed by atoms with Crippen molar-refractivity contribution in [1.29, 1.82) is 0 Å². The van der Waals surface area contributed by atoms with Crippen LogP contribution in [-0.2, 0) is 6.54 Å². The van der Waals surface area contributed by atoms with Crippen molar-refractivity contribution in [3.05, 3.63) is 77.5 Å². The predicted octanol–water partition coefficient (Wildman–Crippen LogP) is 7.11. The van der Waals surface area contributed by atoms with E-state index < -0.39 is 31.1 Å². The predicted molar refractivity (Wildman–Crippen MR) is 177 cm³/mol. The third-order valence-corrected chi connectivity index (χ3v) is 8.69. The Hall–Kier alpha value is -4.01. The van der Waals surface area contributed by atoms with Gasteiger partial charge in [-0.1, -0.05) is 95.0 Å². The number of hydrogen-bond acceptors (Lipinski definition) is 6. The van der Waals surface area contributed by atoms with E-state index in [1.807, 2.05) is 18.3 Å². The highest BCUT2D eigenvalue weighted by Gasteiger charge is 2.37. The average molecular weight is 597 g/mol. The quantitative estimate of drug-likeness (QED) is 0.0521. The zero-order valence-corrected chi connectivity index (χ0v) is 25.7. The van der Waals surface area contributed by atoms with E-state index in [2.05, 4.69) is 46.4 Å². The van der Waals surface area contributed by atoms with Crippen LogP contribution in [-0.4, -0.2) is 57.0 Å². The molecule has 4 aromatic rings. The fraction of sp³-hybridized carbons (Fsp3) is 0.417. The molecule has 0 bridgehead atoms. The lowest BCUT2D eigenvalue weighted by molar-refractivity contribution is 0.0375. The standard InChI is InChI=1S/C36H44N4O4/c1-2-3-4-5-6-7-8-9-10-13-21-39-23-26(28-15-11-12-18-33(28)39)22-37-38-32-20-19-31-34-29(32)16-14-17-30(34)35(43)40(36(31)44)27(24-41)25-42/h11-12,14-20,22-23,27,38,41-42H,2-10,13,21,24-25H2,1H3/b37-22+. The highest BCUT2D eigenvalue weighted by molar-refractivity contribution is 6.27. The maximum Gasteiger partial charge on any atom is 0.261 e. The van der Waals surface area contributed by atoms with Crippen molar-refractivity contribution in [1.82, 2.24) is 9.47 Å². The van der Waals surface area contributed by atoms with Crippen molar-refractivity contribution in [2.24, 2.45) is 5.10 Å². The number of nitrogens with zero attached hydrogens (tertiary/aromatic N) is 3. The van der Waals surface area contributed by atoms with Crippen molar-refractivity contribution in [2.75, 3.05) is 18.6 Å². The van der Waals surface area contributed by atoms with Crippen LogP contribution in [0.3, 0.4) is 0 Å². The maximum absolute atomic E-state index is 13.2. The molecule has 1 aliphatic heterocycles. The van der Waals surface area contributed by atoms with Crippen LogP contribution < -0.4 is 5.43 Å². The number of aliphatic hydroxyl groups excluding tert-OH is 2. The second kappa shape index (κ2) is 15.1. The van der Waals surface area contributed by atoms with E-state index in [0.717, 1.165) is 28.8 Å². The third kappa shape index (κ3) is 6.71. The Morgan fingerprint density at radius 2 is 1.41 bits per heavy atom. The number of nitrogens with one attached hydrogen (secondary N) is 1. The first kappa shape index (κ1) is 31.4. The van der Waals surface area contributed by atoms with Gasteiger partial charge < -0.3 is 14.8 Å². The van der Waals surface area contributed by atoms with Gasteiger partial charge in [0, 0.05) is 51.1 Å². The molecule has 0 saturated heterocycles. The number of carbonyl (C=O) groups is 2. The number of anilines is 1. The molecule has 232 valence electrons. The first-order chi connectivity index (χ1) is 21.6. The highest BCUT2D eigenvalue weighted by Crippen LogP contribution is 2.35. The SMILES string of the molecule is CCCCCCCCCCCCn1cc(/C=N/Nc2ccc3c4c(cccc24)C(=O)N(C(CO)CO)C3=O)c2ccccc21. The lowest BCUT2D eigenvalue weighted by Crippen LogP contribution is -2.50. The Morgan fingerprint density at radius 3 is 2.11 bits per heavy atom. The van der Waals surface area contributed by atoms with Gasteiger partial charge in [0.2, 0.25) is 0 Å². The molecule has 0 fully saturated rings. The van der Waals surface area contributed by atoms with E-state index in [0.29, 0.717) is 27.6 Å². The number of rotatable bonds is 17. The van der Waals surface area contributed by atoms with Crippen molar-refractivity contribution < 1.29 is 19.8 Å². The van der Waals surface area contributed by atoms with Crippen LogP contribution in [0.1, 0.15) is 97.4 Å². The topological polar surface area (TPSA) is 107 Å². The van der Waals surface area contributed by atoms with Crippen molar-refractivity contribution in [2.45, 2.75) is 83.7 Å². The van der Waals surface area contributed by atoms with Crippen LogP contribution in [0.15, 0.2) is 65.9 Å². The molecule has 44 heavy (non-hydrogen) atoms. The van der Waals surface area contributed by atoms with Gasteiger partial charge in [0.05, 0.1) is 31.2 Å². The average Bonchev–Trinajstić information content (AvgIpc) is 3.40. The Balaban J connectivity index is 1.26. The highest BCUT2D eigenvalue weighted by atomic mass is 16.3. The lowest BCUT2D eigenvalue weighted by Gasteiger charge is -2.32. The van der Waals surface area contributed by atoms with E-state index in [-0.39, 0.29) is 0 Å². The van der Waals surface area contributed by atoms with Gasteiger partial charge in [0.1, 0.15) is 0 Å². The van der Waals surface area contributed by atoms with Gasteiger partial charge in [-0.25, -0.2) is 0 Å². The Morgan fingerprint density at radius 1 is 0.773 bits per heavy atom. The van der Waals surface area contributed by atoms with Gasteiger partial charge in [-0.3, -0.25) is 19.9 Å². The van der Waals surface area contributed by atoms with E-state index >= 15 is 0 Å². The zero-order valence-electron chi connectivity index (χ0n) is 25.7. The Bertz CT molecular complexity index is 1600. The summed E-state index contributed by atoms with van der Waals surface area (Å²) < 4.78 is 2.32. The molecule has 8 heteroatoms. The number of para-hydroxylation sites is 1. The van der Waals surface area contributed by atoms with E-state index in [9.17, 15) is 19.8 Å². The minimum Gasteiger partial charge on any atom is -0.394 e. The van der Waals surface area contributed by atoms with E-state index in [4.69, 9.17) is 0 Å². The first-order valence-electron chi connectivity index (χ1n) is 16.1. The van der Waals surface area contributed by atoms with Crippen molar-refractivity contribution in [3.63, 3.8) is 0 Å². The number of imide groups is 1. The summed E-state index contributed by atoms with van der Waals surface area (Å²) in [5.74, 6) is -1.06. The summed E-state index contributed by atoms with van der Waals surface area (Å²) in [5.41, 5.74) is 6.72. The monoisotopic (exact) mass is 596 g/mol.